The van der Waals surface area contributed by atoms with Crippen molar-refractivity contribution < 1.29 is 14.3 Å². The summed E-state index contributed by atoms with van der Waals surface area (Å²) in [6.45, 7) is 4.29. The van der Waals surface area contributed by atoms with Crippen LogP contribution in [0, 0.1) is 5.92 Å². The van der Waals surface area contributed by atoms with Crippen molar-refractivity contribution in [3.8, 4) is 11.5 Å². The van der Waals surface area contributed by atoms with Crippen molar-refractivity contribution in [3.63, 3.8) is 0 Å². The minimum atomic E-state index is -0.0167. The molecular formula is C29H34N2O3. The van der Waals surface area contributed by atoms with E-state index in [9.17, 15) is 4.79 Å². The van der Waals surface area contributed by atoms with E-state index < -0.39 is 0 Å². The fourth-order valence-corrected chi connectivity index (χ4v) is 5.24. The second-order valence-corrected chi connectivity index (χ2v) is 9.62. The van der Waals surface area contributed by atoms with Crippen LogP contribution in [0.5, 0.6) is 11.5 Å². The SMILES string of the molecule is COc1ccc(C2=CC(=O)N3C=C(C4=CCN(C5CCC5)CC4)C=CC3=CCC2C)cc1OC. The minimum Gasteiger partial charge on any atom is -0.493 e. The summed E-state index contributed by atoms with van der Waals surface area (Å²) in [5, 5.41) is 0. The van der Waals surface area contributed by atoms with E-state index in [4.69, 9.17) is 9.47 Å². The van der Waals surface area contributed by atoms with Gasteiger partial charge in [0.1, 0.15) is 0 Å². The van der Waals surface area contributed by atoms with Crippen molar-refractivity contribution in [2.45, 2.75) is 45.1 Å². The molecule has 0 radical (unpaired) electrons. The predicted octanol–water partition coefficient (Wildman–Crippen LogP) is 5.48. The highest BCUT2D eigenvalue weighted by Crippen LogP contribution is 2.37. The molecule has 5 nitrogen and oxygen atoms in total. The highest BCUT2D eigenvalue weighted by molar-refractivity contribution is 5.98. The van der Waals surface area contributed by atoms with Gasteiger partial charge in [0.05, 0.1) is 14.2 Å². The number of rotatable bonds is 5. The maximum Gasteiger partial charge on any atom is 0.255 e. The van der Waals surface area contributed by atoms with Gasteiger partial charge >= 0.3 is 0 Å². The molecule has 0 aromatic heterocycles. The summed E-state index contributed by atoms with van der Waals surface area (Å²) >= 11 is 0. The lowest BCUT2D eigenvalue weighted by Gasteiger charge is -2.39. The summed E-state index contributed by atoms with van der Waals surface area (Å²) in [6.07, 6.45) is 18.6. The van der Waals surface area contributed by atoms with Gasteiger partial charge in [-0.15, -0.1) is 0 Å². The number of nitrogens with zero attached hydrogens (tertiary/aromatic N) is 2. The van der Waals surface area contributed by atoms with E-state index in [1.807, 2.05) is 24.4 Å². The van der Waals surface area contributed by atoms with E-state index in [1.54, 1.807) is 25.2 Å². The quantitative estimate of drug-likeness (QED) is 0.586. The van der Waals surface area contributed by atoms with E-state index in [-0.39, 0.29) is 11.8 Å². The van der Waals surface area contributed by atoms with Gasteiger partial charge in [0.25, 0.3) is 5.91 Å². The molecule has 3 heterocycles. The lowest BCUT2D eigenvalue weighted by Crippen LogP contribution is -2.42. The van der Waals surface area contributed by atoms with Crippen LogP contribution in [-0.2, 0) is 4.79 Å². The maximum atomic E-state index is 13.5. The molecular weight excluding hydrogens is 424 g/mol. The van der Waals surface area contributed by atoms with Gasteiger partial charge in [-0.25, -0.2) is 0 Å². The number of benzene rings is 1. The second kappa shape index (κ2) is 9.67. The number of amides is 1. The van der Waals surface area contributed by atoms with E-state index in [2.05, 4.69) is 36.1 Å². The summed E-state index contributed by atoms with van der Waals surface area (Å²) in [5.41, 5.74) is 5.44. The Kier molecular flexibility index (Phi) is 6.46. The number of hydrogen-bond donors (Lipinski definition) is 0. The second-order valence-electron chi connectivity index (χ2n) is 9.62. The smallest absolute Gasteiger partial charge is 0.255 e. The molecule has 34 heavy (non-hydrogen) atoms. The average molecular weight is 459 g/mol. The summed E-state index contributed by atoms with van der Waals surface area (Å²) in [7, 11) is 3.26. The van der Waals surface area contributed by atoms with Crippen LogP contribution >= 0.6 is 0 Å². The lowest BCUT2D eigenvalue weighted by molar-refractivity contribution is -0.122. The zero-order chi connectivity index (χ0) is 23.7. The van der Waals surface area contributed by atoms with Gasteiger partial charge in [-0.3, -0.25) is 14.6 Å². The van der Waals surface area contributed by atoms with Gasteiger partial charge < -0.3 is 9.47 Å². The highest BCUT2D eigenvalue weighted by Gasteiger charge is 2.28. The number of ether oxygens (including phenoxy) is 2. The summed E-state index contributed by atoms with van der Waals surface area (Å²) in [4.78, 5) is 17.9. The fraction of sp³-hybridized carbons (Fsp3) is 0.414. The van der Waals surface area contributed by atoms with Crippen molar-refractivity contribution in [2.24, 2.45) is 5.92 Å². The monoisotopic (exact) mass is 458 g/mol. The van der Waals surface area contributed by atoms with Gasteiger partial charge in [-0.05, 0) is 72.1 Å². The number of methoxy groups -OCH3 is 2. The number of fused-ring (bicyclic) bond motifs is 1. The third kappa shape index (κ3) is 4.37. The molecule has 1 aromatic rings. The first-order valence-corrected chi connectivity index (χ1v) is 12.4. The van der Waals surface area contributed by atoms with Gasteiger partial charge in [0.2, 0.25) is 0 Å². The third-order valence-electron chi connectivity index (χ3n) is 7.63. The Morgan fingerprint density at radius 1 is 1.03 bits per heavy atom. The Labute approximate surface area is 202 Å². The van der Waals surface area contributed by atoms with Crippen molar-refractivity contribution in [2.75, 3.05) is 27.3 Å². The Bertz CT molecular complexity index is 1120. The van der Waals surface area contributed by atoms with Crippen LogP contribution in [0.3, 0.4) is 0 Å². The molecule has 1 atom stereocenters. The number of allylic oxidation sites excluding steroid dienone is 5. The first kappa shape index (κ1) is 22.7. The Balaban J connectivity index is 1.40. The van der Waals surface area contributed by atoms with Crippen LogP contribution < -0.4 is 9.47 Å². The van der Waals surface area contributed by atoms with E-state index in [1.165, 1.54) is 24.8 Å². The Morgan fingerprint density at radius 3 is 2.53 bits per heavy atom. The molecule has 1 amide bonds. The number of carbonyl (C=O) groups excluding carboxylic acids is 1. The predicted molar refractivity (Wildman–Crippen MR) is 135 cm³/mol. The maximum absolute atomic E-state index is 13.5. The van der Waals surface area contributed by atoms with Crippen LogP contribution in [0.15, 0.2) is 71.6 Å². The van der Waals surface area contributed by atoms with Gasteiger partial charge in [-0.1, -0.05) is 37.6 Å². The van der Waals surface area contributed by atoms with Crippen molar-refractivity contribution in [3.05, 3.63) is 77.2 Å². The zero-order valence-corrected chi connectivity index (χ0v) is 20.4. The first-order valence-electron chi connectivity index (χ1n) is 12.4. The van der Waals surface area contributed by atoms with Crippen molar-refractivity contribution in [1.29, 1.82) is 0 Å². The van der Waals surface area contributed by atoms with Crippen LogP contribution in [0.25, 0.3) is 5.57 Å². The molecule has 0 bridgehead atoms. The molecule has 0 N–H and O–H groups in total. The molecule has 1 fully saturated rings. The Hall–Kier alpha value is -3.05. The number of carbonyl (C=O) groups is 1. The van der Waals surface area contributed by atoms with Crippen LogP contribution in [0.4, 0.5) is 0 Å². The average Bonchev–Trinajstić information content (AvgIpc) is 2.84. The molecule has 1 unspecified atom stereocenters. The van der Waals surface area contributed by atoms with Crippen LogP contribution in [0.1, 0.15) is 44.6 Å². The van der Waals surface area contributed by atoms with Crippen molar-refractivity contribution in [1.82, 2.24) is 9.80 Å². The minimum absolute atomic E-state index is 0.0167. The molecule has 0 spiro atoms. The van der Waals surface area contributed by atoms with Crippen LogP contribution in [-0.4, -0.2) is 49.1 Å². The Morgan fingerprint density at radius 2 is 1.85 bits per heavy atom. The van der Waals surface area contributed by atoms with E-state index in [0.29, 0.717) is 11.5 Å². The first-order chi connectivity index (χ1) is 16.6. The lowest BCUT2D eigenvalue weighted by atomic mass is 9.88. The molecule has 1 saturated carbocycles. The molecule has 4 aliphatic rings. The summed E-state index contributed by atoms with van der Waals surface area (Å²) in [6, 6.07) is 6.64. The molecule has 3 aliphatic heterocycles. The number of hydrogen-bond acceptors (Lipinski definition) is 4. The summed E-state index contributed by atoms with van der Waals surface area (Å²) < 4.78 is 10.9. The molecule has 1 aromatic carbocycles. The largest absolute Gasteiger partial charge is 0.493 e. The third-order valence-corrected chi connectivity index (χ3v) is 7.63. The fourth-order valence-electron chi connectivity index (χ4n) is 5.24. The molecule has 5 heteroatoms. The molecule has 178 valence electrons. The van der Waals surface area contributed by atoms with Crippen molar-refractivity contribution >= 4 is 11.5 Å². The van der Waals surface area contributed by atoms with Gasteiger partial charge in [0, 0.05) is 37.1 Å². The topological polar surface area (TPSA) is 42.0 Å². The zero-order valence-electron chi connectivity index (χ0n) is 20.4. The normalized spacial score (nSPS) is 23.6. The molecule has 0 saturated heterocycles. The van der Waals surface area contributed by atoms with Crippen LogP contribution in [0.2, 0.25) is 0 Å². The molecule has 1 aliphatic carbocycles. The van der Waals surface area contributed by atoms with Gasteiger partial charge in [-0.2, -0.15) is 0 Å². The molecule has 5 rings (SSSR count). The summed E-state index contributed by atoms with van der Waals surface area (Å²) in [5.74, 6) is 1.54. The van der Waals surface area contributed by atoms with E-state index in [0.717, 1.165) is 54.4 Å². The van der Waals surface area contributed by atoms with E-state index >= 15 is 0 Å². The standard InChI is InChI=1S/C29H34N2O3/c1-20-7-10-25-11-8-23(21-13-15-30(16-14-21)24-5-4-6-24)19-31(25)29(32)18-26(20)22-9-12-27(33-2)28(17-22)34-3/h8-13,17-20,24H,4-7,14-16H2,1-3H3. The van der Waals surface area contributed by atoms with Gasteiger partial charge in [0.15, 0.2) is 11.5 Å². The highest BCUT2D eigenvalue weighted by atomic mass is 16.5.